The van der Waals surface area contributed by atoms with Crippen molar-refractivity contribution in [3.63, 3.8) is 0 Å². The molecule has 0 unspecified atom stereocenters. The molecule has 0 aliphatic rings. The number of aromatic nitrogens is 2. The maximum Gasteiger partial charge on any atom is 0.349 e. The maximum absolute atomic E-state index is 11.9. The summed E-state index contributed by atoms with van der Waals surface area (Å²) in [5, 5.41) is 4.06. The van der Waals surface area contributed by atoms with Gasteiger partial charge < -0.3 is 10.1 Å². The molecule has 3 aromatic rings. The third kappa shape index (κ3) is 4.11. The molecular formula is C15H13N3O3S3. The average Bonchev–Trinajstić information content (AvgIpc) is 3.20. The summed E-state index contributed by atoms with van der Waals surface area (Å²) in [7, 11) is 1.30. The molecule has 0 spiro atoms. The molecule has 0 fully saturated rings. The van der Waals surface area contributed by atoms with E-state index in [1.54, 1.807) is 11.3 Å². The molecule has 1 amide bonds. The second-order valence-corrected chi connectivity index (χ2v) is 7.77. The Morgan fingerprint density at radius 3 is 2.92 bits per heavy atom. The summed E-state index contributed by atoms with van der Waals surface area (Å²) in [6.45, 7) is 0. The van der Waals surface area contributed by atoms with Crippen molar-refractivity contribution in [1.82, 2.24) is 9.97 Å². The smallest absolute Gasteiger partial charge is 0.349 e. The van der Waals surface area contributed by atoms with Crippen molar-refractivity contribution in [3.05, 3.63) is 40.3 Å². The number of nitrogens with one attached hydrogen (secondary N) is 1. The van der Waals surface area contributed by atoms with Crippen molar-refractivity contribution in [2.24, 2.45) is 0 Å². The molecule has 6 nitrogen and oxygen atoms in total. The highest BCUT2D eigenvalue weighted by molar-refractivity contribution is 7.99. The van der Waals surface area contributed by atoms with Gasteiger partial charge in [-0.15, -0.1) is 23.1 Å². The SMILES string of the molecule is COC(=O)c1cnc(NC(=O)CSCc2nc3ccccc3s2)s1. The van der Waals surface area contributed by atoms with Gasteiger partial charge in [0.25, 0.3) is 0 Å². The van der Waals surface area contributed by atoms with Crippen LogP contribution < -0.4 is 5.32 Å². The molecule has 0 saturated carbocycles. The summed E-state index contributed by atoms with van der Waals surface area (Å²) in [6.07, 6.45) is 1.39. The van der Waals surface area contributed by atoms with Crippen LogP contribution in [0.2, 0.25) is 0 Å². The number of hydrogen-bond acceptors (Lipinski definition) is 8. The van der Waals surface area contributed by atoms with Crippen LogP contribution in [0.1, 0.15) is 14.7 Å². The third-order valence-corrected chi connectivity index (χ3v) is 5.99. The largest absolute Gasteiger partial charge is 0.465 e. The topological polar surface area (TPSA) is 81.2 Å². The van der Waals surface area contributed by atoms with Crippen molar-refractivity contribution < 1.29 is 14.3 Å². The lowest BCUT2D eigenvalue weighted by molar-refractivity contribution is -0.113. The average molecular weight is 379 g/mol. The summed E-state index contributed by atoms with van der Waals surface area (Å²) >= 11 is 4.21. The number of nitrogens with zero attached hydrogens (tertiary/aromatic N) is 2. The molecule has 24 heavy (non-hydrogen) atoms. The zero-order valence-corrected chi connectivity index (χ0v) is 15.1. The van der Waals surface area contributed by atoms with Crippen LogP contribution in [0.3, 0.4) is 0 Å². The number of methoxy groups -OCH3 is 1. The van der Waals surface area contributed by atoms with Gasteiger partial charge in [0.1, 0.15) is 9.88 Å². The molecule has 2 heterocycles. The zero-order valence-electron chi connectivity index (χ0n) is 12.6. The normalized spacial score (nSPS) is 10.7. The summed E-state index contributed by atoms with van der Waals surface area (Å²) in [5.74, 6) is 0.353. The summed E-state index contributed by atoms with van der Waals surface area (Å²) in [5.41, 5.74) is 0.987. The molecule has 0 aliphatic heterocycles. The number of anilines is 1. The van der Waals surface area contributed by atoms with Crippen LogP contribution in [0.5, 0.6) is 0 Å². The van der Waals surface area contributed by atoms with Crippen molar-refractivity contribution >= 4 is 61.7 Å². The molecule has 1 N–H and O–H groups in total. The van der Waals surface area contributed by atoms with Gasteiger partial charge in [0, 0.05) is 5.75 Å². The van der Waals surface area contributed by atoms with E-state index in [0.717, 1.165) is 26.6 Å². The maximum atomic E-state index is 11.9. The van der Waals surface area contributed by atoms with Crippen LogP contribution in [0.25, 0.3) is 10.2 Å². The minimum Gasteiger partial charge on any atom is -0.465 e. The number of esters is 1. The predicted octanol–water partition coefficient (Wildman–Crippen LogP) is 3.41. The lowest BCUT2D eigenvalue weighted by Crippen LogP contribution is -2.13. The van der Waals surface area contributed by atoms with Crippen molar-refractivity contribution in [2.45, 2.75) is 5.75 Å². The number of ether oxygens (including phenoxy) is 1. The summed E-state index contributed by atoms with van der Waals surface area (Å²) in [4.78, 5) is 32.1. The fourth-order valence-electron chi connectivity index (χ4n) is 1.89. The van der Waals surface area contributed by atoms with E-state index < -0.39 is 5.97 Å². The Balaban J connectivity index is 1.48. The summed E-state index contributed by atoms with van der Waals surface area (Å²) < 4.78 is 5.75. The van der Waals surface area contributed by atoms with E-state index in [-0.39, 0.29) is 5.91 Å². The Hall–Kier alpha value is -1.97. The van der Waals surface area contributed by atoms with E-state index in [1.807, 2.05) is 24.3 Å². The van der Waals surface area contributed by atoms with Crippen molar-refractivity contribution in [1.29, 1.82) is 0 Å². The number of para-hydroxylation sites is 1. The van der Waals surface area contributed by atoms with Crippen molar-refractivity contribution in [2.75, 3.05) is 18.2 Å². The van der Waals surface area contributed by atoms with Crippen molar-refractivity contribution in [3.8, 4) is 0 Å². The minimum absolute atomic E-state index is 0.160. The molecule has 2 aromatic heterocycles. The number of rotatable bonds is 6. The van der Waals surface area contributed by atoms with Gasteiger partial charge in [-0.1, -0.05) is 23.5 Å². The van der Waals surface area contributed by atoms with Gasteiger partial charge in [0.2, 0.25) is 5.91 Å². The van der Waals surface area contributed by atoms with Crippen LogP contribution >= 0.6 is 34.4 Å². The van der Waals surface area contributed by atoms with Gasteiger partial charge in [-0.05, 0) is 12.1 Å². The van der Waals surface area contributed by atoms with Crippen LogP contribution in [0.4, 0.5) is 5.13 Å². The van der Waals surface area contributed by atoms with E-state index in [2.05, 4.69) is 20.0 Å². The number of thiazole rings is 2. The van der Waals surface area contributed by atoms with E-state index in [9.17, 15) is 9.59 Å². The number of carbonyl (C=O) groups is 2. The van der Waals surface area contributed by atoms with E-state index in [1.165, 1.54) is 25.1 Å². The van der Waals surface area contributed by atoms with Crippen LogP contribution in [-0.4, -0.2) is 34.7 Å². The molecule has 0 saturated heterocycles. The highest BCUT2D eigenvalue weighted by Gasteiger charge is 2.12. The second kappa shape index (κ2) is 7.73. The number of amides is 1. The molecule has 0 bridgehead atoms. The zero-order chi connectivity index (χ0) is 16.9. The number of thioether (sulfide) groups is 1. The van der Waals surface area contributed by atoms with Crippen LogP contribution in [0.15, 0.2) is 30.5 Å². The van der Waals surface area contributed by atoms with Gasteiger partial charge in [-0.3, -0.25) is 4.79 Å². The fraction of sp³-hybridized carbons (Fsp3) is 0.200. The number of benzene rings is 1. The molecule has 0 aliphatic carbocycles. The van der Waals surface area contributed by atoms with Crippen LogP contribution in [-0.2, 0) is 15.3 Å². The lowest BCUT2D eigenvalue weighted by Gasteiger charge is -2.00. The monoisotopic (exact) mass is 379 g/mol. The molecular weight excluding hydrogens is 366 g/mol. The predicted molar refractivity (Wildman–Crippen MR) is 97.9 cm³/mol. The second-order valence-electron chi connectivity index (χ2n) is 4.64. The first-order valence-corrected chi connectivity index (χ1v) is 9.70. The molecule has 0 atom stereocenters. The first kappa shape index (κ1) is 16.9. The fourth-order valence-corrected chi connectivity index (χ4v) is 4.49. The van der Waals surface area contributed by atoms with E-state index in [4.69, 9.17) is 0 Å². The molecule has 1 aromatic carbocycles. The Bertz CT molecular complexity index is 842. The van der Waals surface area contributed by atoms with Gasteiger partial charge >= 0.3 is 5.97 Å². The highest BCUT2D eigenvalue weighted by atomic mass is 32.2. The quantitative estimate of drug-likeness (QED) is 0.661. The Morgan fingerprint density at radius 1 is 1.29 bits per heavy atom. The van der Waals surface area contributed by atoms with Gasteiger partial charge in [-0.2, -0.15) is 0 Å². The van der Waals surface area contributed by atoms with E-state index >= 15 is 0 Å². The Kier molecular flexibility index (Phi) is 5.44. The van der Waals surface area contributed by atoms with Gasteiger partial charge in [0.15, 0.2) is 5.13 Å². The van der Waals surface area contributed by atoms with Gasteiger partial charge in [-0.25, -0.2) is 14.8 Å². The van der Waals surface area contributed by atoms with Crippen LogP contribution in [0, 0.1) is 0 Å². The standard InChI is InChI=1S/C15H13N3O3S3/c1-21-14(20)11-6-16-15(24-11)18-12(19)7-22-8-13-17-9-4-2-3-5-10(9)23-13/h2-6H,7-8H2,1H3,(H,16,18,19). The molecule has 9 heteroatoms. The van der Waals surface area contributed by atoms with Gasteiger partial charge in [0.05, 0.1) is 29.3 Å². The molecule has 124 valence electrons. The number of carbonyl (C=O) groups excluding carboxylic acids is 2. The number of hydrogen-bond donors (Lipinski definition) is 1. The first-order valence-electron chi connectivity index (χ1n) is 6.92. The van der Waals surface area contributed by atoms with E-state index in [0.29, 0.717) is 21.5 Å². The minimum atomic E-state index is -0.460. The number of fused-ring (bicyclic) bond motifs is 1. The Labute approximate surface area is 150 Å². The lowest BCUT2D eigenvalue weighted by atomic mass is 10.3. The summed E-state index contributed by atoms with van der Waals surface area (Å²) in [6, 6.07) is 7.97. The molecule has 3 rings (SSSR count). The Morgan fingerprint density at radius 2 is 2.12 bits per heavy atom. The first-order chi connectivity index (χ1) is 11.7. The third-order valence-electron chi connectivity index (χ3n) is 2.94. The molecule has 0 radical (unpaired) electrons. The highest BCUT2D eigenvalue weighted by Crippen LogP contribution is 2.25.